The number of ether oxygens (including phenoxy) is 1. The number of methoxy groups -OCH3 is 1. The summed E-state index contributed by atoms with van der Waals surface area (Å²) in [5, 5.41) is 2.79. The van der Waals surface area contributed by atoms with Crippen LogP contribution < -0.4 is 15.0 Å². The second-order valence-electron chi connectivity index (χ2n) is 6.37. The maximum absolute atomic E-state index is 13.3. The van der Waals surface area contributed by atoms with Crippen molar-refractivity contribution in [2.45, 2.75) is 13.0 Å². The van der Waals surface area contributed by atoms with E-state index >= 15 is 0 Å². The molecule has 1 N–H and O–H groups in total. The van der Waals surface area contributed by atoms with Crippen molar-refractivity contribution in [3.8, 4) is 5.75 Å². The van der Waals surface area contributed by atoms with Crippen LogP contribution in [-0.2, 0) is 4.79 Å². The molecular formula is C20H24FN3O2. The van der Waals surface area contributed by atoms with E-state index < -0.39 is 0 Å². The van der Waals surface area contributed by atoms with Crippen molar-refractivity contribution in [2.24, 2.45) is 0 Å². The molecule has 0 unspecified atom stereocenters. The van der Waals surface area contributed by atoms with Crippen LogP contribution in [0.1, 0.15) is 6.92 Å². The number of anilines is 2. The number of amides is 1. The summed E-state index contributed by atoms with van der Waals surface area (Å²) in [5.74, 6) is 0.375. The van der Waals surface area contributed by atoms with Crippen LogP contribution in [0.4, 0.5) is 15.8 Å². The summed E-state index contributed by atoms with van der Waals surface area (Å²) in [4.78, 5) is 16.9. The smallest absolute Gasteiger partial charge is 0.241 e. The number of para-hydroxylation sites is 2. The van der Waals surface area contributed by atoms with Crippen molar-refractivity contribution in [3.05, 3.63) is 54.3 Å². The van der Waals surface area contributed by atoms with Crippen molar-refractivity contribution < 1.29 is 13.9 Å². The lowest BCUT2D eigenvalue weighted by Gasteiger charge is -2.38. The van der Waals surface area contributed by atoms with Gasteiger partial charge in [0.1, 0.15) is 11.6 Å². The molecule has 1 atom stereocenters. The molecule has 2 aromatic rings. The SMILES string of the molecule is COc1ccccc1N1CCN([C@H](C)C(=O)Nc2cccc(F)c2)CC1. The normalized spacial score (nSPS) is 16.2. The number of halogens is 1. The van der Waals surface area contributed by atoms with E-state index in [0.29, 0.717) is 5.69 Å². The van der Waals surface area contributed by atoms with Gasteiger partial charge in [-0.2, -0.15) is 0 Å². The molecule has 1 fully saturated rings. The second-order valence-corrected chi connectivity index (χ2v) is 6.37. The molecule has 0 spiro atoms. The summed E-state index contributed by atoms with van der Waals surface area (Å²) in [6.07, 6.45) is 0. The van der Waals surface area contributed by atoms with Gasteiger partial charge in [-0.3, -0.25) is 9.69 Å². The maximum atomic E-state index is 13.3. The Kier molecular flexibility index (Phi) is 5.73. The summed E-state index contributed by atoms with van der Waals surface area (Å²) in [6, 6.07) is 13.6. The summed E-state index contributed by atoms with van der Waals surface area (Å²) in [6.45, 7) is 5.06. The van der Waals surface area contributed by atoms with Gasteiger partial charge in [-0.15, -0.1) is 0 Å². The van der Waals surface area contributed by atoms with Gasteiger partial charge < -0.3 is 15.0 Å². The molecule has 1 heterocycles. The molecule has 5 nitrogen and oxygen atoms in total. The molecule has 0 aromatic heterocycles. The minimum Gasteiger partial charge on any atom is -0.495 e. The highest BCUT2D eigenvalue weighted by atomic mass is 19.1. The number of piperazine rings is 1. The van der Waals surface area contributed by atoms with E-state index in [9.17, 15) is 9.18 Å². The van der Waals surface area contributed by atoms with Gasteiger partial charge in [-0.05, 0) is 37.3 Å². The fourth-order valence-electron chi connectivity index (χ4n) is 3.22. The van der Waals surface area contributed by atoms with Crippen LogP contribution in [0, 0.1) is 5.82 Å². The summed E-state index contributed by atoms with van der Waals surface area (Å²) in [7, 11) is 1.67. The van der Waals surface area contributed by atoms with Crippen molar-refractivity contribution in [1.29, 1.82) is 0 Å². The van der Waals surface area contributed by atoms with Crippen molar-refractivity contribution >= 4 is 17.3 Å². The second kappa shape index (κ2) is 8.19. The minimum atomic E-state index is -0.360. The van der Waals surface area contributed by atoms with Crippen LogP contribution in [-0.4, -0.2) is 50.1 Å². The third-order valence-corrected chi connectivity index (χ3v) is 4.76. The zero-order valence-electron chi connectivity index (χ0n) is 15.1. The number of rotatable bonds is 5. The van der Waals surface area contributed by atoms with E-state index in [1.807, 2.05) is 25.1 Å². The lowest BCUT2D eigenvalue weighted by molar-refractivity contribution is -0.120. The predicted molar refractivity (Wildman–Crippen MR) is 101 cm³/mol. The molecule has 6 heteroatoms. The first-order chi connectivity index (χ1) is 12.6. The van der Waals surface area contributed by atoms with E-state index in [0.717, 1.165) is 37.6 Å². The fraction of sp³-hybridized carbons (Fsp3) is 0.350. The molecule has 26 heavy (non-hydrogen) atoms. The van der Waals surface area contributed by atoms with Crippen molar-refractivity contribution in [1.82, 2.24) is 4.90 Å². The number of hydrogen-bond donors (Lipinski definition) is 1. The molecule has 0 radical (unpaired) electrons. The third-order valence-electron chi connectivity index (χ3n) is 4.76. The Morgan fingerprint density at radius 3 is 2.54 bits per heavy atom. The quantitative estimate of drug-likeness (QED) is 0.894. The third kappa shape index (κ3) is 4.14. The Hall–Kier alpha value is -2.60. The van der Waals surface area contributed by atoms with Gasteiger partial charge in [0.15, 0.2) is 0 Å². The van der Waals surface area contributed by atoms with Crippen LogP contribution in [0.2, 0.25) is 0 Å². The van der Waals surface area contributed by atoms with Gasteiger partial charge in [0.25, 0.3) is 0 Å². The van der Waals surface area contributed by atoms with E-state index in [4.69, 9.17) is 4.74 Å². The minimum absolute atomic E-state index is 0.124. The summed E-state index contributed by atoms with van der Waals surface area (Å²) < 4.78 is 18.7. The monoisotopic (exact) mass is 357 g/mol. The Labute approximate surface area is 153 Å². The lowest BCUT2D eigenvalue weighted by Crippen LogP contribution is -2.52. The molecule has 1 amide bonds. The Balaban J connectivity index is 1.58. The van der Waals surface area contributed by atoms with Crippen molar-refractivity contribution in [2.75, 3.05) is 43.5 Å². The molecule has 1 saturated heterocycles. The fourth-order valence-corrected chi connectivity index (χ4v) is 3.22. The van der Waals surface area contributed by atoms with Gasteiger partial charge in [0, 0.05) is 31.9 Å². The molecule has 0 bridgehead atoms. The van der Waals surface area contributed by atoms with Crippen LogP contribution in [0.25, 0.3) is 0 Å². The largest absolute Gasteiger partial charge is 0.495 e. The number of nitrogens with one attached hydrogen (secondary N) is 1. The summed E-state index contributed by atoms with van der Waals surface area (Å²) in [5.41, 5.74) is 1.56. The Morgan fingerprint density at radius 2 is 1.85 bits per heavy atom. The highest BCUT2D eigenvalue weighted by Gasteiger charge is 2.26. The van der Waals surface area contributed by atoms with Gasteiger partial charge in [0.05, 0.1) is 18.8 Å². The first kappa shape index (κ1) is 18.2. The standard InChI is InChI=1S/C20H24FN3O2/c1-15(20(25)22-17-7-5-6-16(21)14-17)23-10-12-24(13-11-23)18-8-3-4-9-19(18)26-2/h3-9,14-15H,10-13H2,1-2H3,(H,22,25)/t15-/m1/s1. The van der Waals surface area contributed by atoms with E-state index in [1.54, 1.807) is 19.2 Å². The van der Waals surface area contributed by atoms with Crippen LogP contribution in [0.5, 0.6) is 5.75 Å². The van der Waals surface area contributed by atoms with Crippen molar-refractivity contribution in [3.63, 3.8) is 0 Å². The molecular weight excluding hydrogens is 333 g/mol. The molecule has 2 aromatic carbocycles. The maximum Gasteiger partial charge on any atom is 0.241 e. The zero-order valence-corrected chi connectivity index (χ0v) is 15.1. The Bertz CT molecular complexity index is 760. The zero-order chi connectivity index (χ0) is 18.5. The lowest BCUT2D eigenvalue weighted by atomic mass is 10.2. The highest BCUT2D eigenvalue weighted by Crippen LogP contribution is 2.28. The first-order valence-corrected chi connectivity index (χ1v) is 8.77. The number of benzene rings is 2. The number of nitrogens with zero attached hydrogens (tertiary/aromatic N) is 2. The average Bonchev–Trinajstić information content (AvgIpc) is 2.67. The van der Waals surface area contributed by atoms with Crippen LogP contribution >= 0.6 is 0 Å². The highest BCUT2D eigenvalue weighted by molar-refractivity contribution is 5.94. The average molecular weight is 357 g/mol. The van der Waals surface area contributed by atoms with E-state index in [1.165, 1.54) is 12.1 Å². The predicted octanol–water partition coefficient (Wildman–Crippen LogP) is 2.98. The van der Waals surface area contributed by atoms with E-state index in [-0.39, 0.29) is 17.8 Å². The number of carbonyl (C=O) groups excluding carboxylic acids is 1. The van der Waals surface area contributed by atoms with Crippen LogP contribution in [0.3, 0.4) is 0 Å². The first-order valence-electron chi connectivity index (χ1n) is 8.77. The molecule has 1 aliphatic heterocycles. The topological polar surface area (TPSA) is 44.8 Å². The molecule has 138 valence electrons. The Morgan fingerprint density at radius 1 is 1.12 bits per heavy atom. The van der Waals surface area contributed by atoms with Gasteiger partial charge in [-0.25, -0.2) is 4.39 Å². The van der Waals surface area contributed by atoms with Gasteiger partial charge in [0.2, 0.25) is 5.91 Å². The molecule has 1 aliphatic rings. The van der Waals surface area contributed by atoms with Gasteiger partial charge >= 0.3 is 0 Å². The molecule has 0 saturated carbocycles. The van der Waals surface area contributed by atoms with Crippen LogP contribution in [0.15, 0.2) is 48.5 Å². The molecule has 0 aliphatic carbocycles. The van der Waals surface area contributed by atoms with E-state index in [2.05, 4.69) is 21.2 Å². The van der Waals surface area contributed by atoms with Gasteiger partial charge in [-0.1, -0.05) is 18.2 Å². The number of carbonyl (C=O) groups is 1. The molecule has 3 rings (SSSR count). The number of hydrogen-bond acceptors (Lipinski definition) is 4. The summed E-state index contributed by atoms with van der Waals surface area (Å²) >= 11 is 0.